The van der Waals surface area contributed by atoms with Gasteiger partial charge >= 0.3 is 7.12 Å². The first-order valence-corrected chi connectivity index (χ1v) is 5.27. The van der Waals surface area contributed by atoms with Crippen molar-refractivity contribution in [2.24, 2.45) is 0 Å². The van der Waals surface area contributed by atoms with Gasteiger partial charge in [0.15, 0.2) is 0 Å². The van der Waals surface area contributed by atoms with E-state index in [4.69, 9.17) is 10.0 Å². The first kappa shape index (κ1) is 10.5. The van der Waals surface area contributed by atoms with Crippen LogP contribution in [0.5, 0.6) is 0 Å². The minimum atomic E-state index is -1.43. The number of hydrogen-bond acceptors (Lipinski definition) is 4. The van der Waals surface area contributed by atoms with Crippen molar-refractivity contribution >= 4 is 18.4 Å². The van der Waals surface area contributed by atoms with Crippen LogP contribution in [0, 0.1) is 0 Å². The van der Waals surface area contributed by atoms with E-state index < -0.39 is 7.12 Å². The molecule has 80 valence electrons. The summed E-state index contributed by atoms with van der Waals surface area (Å²) < 4.78 is 0. The standard InChI is InChI=1S/C10H15BN2O2/c1-8-3-2-6-13(8)10-5-4-9(7-12-10)11(14)15/h4-5,7-8,14-15H,2-3,6H2,1H3. The zero-order chi connectivity index (χ0) is 10.8. The first-order valence-electron chi connectivity index (χ1n) is 5.27. The summed E-state index contributed by atoms with van der Waals surface area (Å²) >= 11 is 0. The zero-order valence-corrected chi connectivity index (χ0v) is 8.80. The summed E-state index contributed by atoms with van der Waals surface area (Å²) in [5.41, 5.74) is 0.436. The molecule has 0 saturated carbocycles. The minimum Gasteiger partial charge on any atom is -0.423 e. The van der Waals surface area contributed by atoms with Gasteiger partial charge in [0.2, 0.25) is 0 Å². The smallest absolute Gasteiger partial charge is 0.423 e. The largest absolute Gasteiger partial charge is 0.490 e. The molecule has 1 aliphatic heterocycles. The molecule has 1 aliphatic rings. The van der Waals surface area contributed by atoms with Crippen molar-refractivity contribution < 1.29 is 10.0 Å². The lowest BCUT2D eigenvalue weighted by Gasteiger charge is -2.22. The van der Waals surface area contributed by atoms with Crippen LogP contribution < -0.4 is 10.4 Å². The fourth-order valence-electron chi connectivity index (χ4n) is 1.99. The van der Waals surface area contributed by atoms with Crippen molar-refractivity contribution in [3.05, 3.63) is 18.3 Å². The highest BCUT2D eigenvalue weighted by molar-refractivity contribution is 6.58. The third kappa shape index (κ3) is 2.13. The molecule has 0 radical (unpaired) electrons. The molecule has 4 nitrogen and oxygen atoms in total. The Morgan fingerprint density at radius 2 is 2.27 bits per heavy atom. The Morgan fingerprint density at radius 3 is 2.73 bits per heavy atom. The molecular formula is C10H15BN2O2. The minimum absolute atomic E-state index is 0.436. The van der Waals surface area contributed by atoms with Gasteiger partial charge in [-0.1, -0.05) is 6.07 Å². The summed E-state index contributed by atoms with van der Waals surface area (Å²) in [7, 11) is -1.43. The van der Waals surface area contributed by atoms with E-state index in [2.05, 4.69) is 16.8 Å². The lowest BCUT2D eigenvalue weighted by atomic mass is 9.82. The molecule has 1 aromatic rings. The molecule has 0 bridgehead atoms. The van der Waals surface area contributed by atoms with E-state index in [-0.39, 0.29) is 0 Å². The molecule has 1 aromatic heterocycles. The molecule has 0 amide bonds. The average molecular weight is 206 g/mol. The summed E-state index contributed by atoms with van der Waals surface area (Å²) in [5, 5.41) is 17.9. The van der Waals surface area contributed by atoms with Crippen LogP contribution in [0.15, 0.2) is 18.3 Å². The molecule has 0 aromatic carbocycles. The average Bonchev–Trinajstić information content (AvgIpc) is 2.65. The first-order chi connectivity index (χ1) is 7.18. The fraction of sp³-hybridized carbons (Fsp3) is 0.500. The summed E-state index contributed by atoms with van der Waals surface area (Å²) in [5.74, 6) is 0.921. The highest BCUT2D eigenvalue weighted by Gasteiger charge is 2.21. The topological polar surface area (TPSA) is 56.6 Å². The van der Waals surface area contributed by atoms with E-state index in [1.807, 2.05) is 6.07 Å². The van der Waals surface area contributed by atoms with Crippen LogP contribution >= 0.6 is 0 Å². The summed E-state index contributed by atoms with van der Waals surface area (Å²) in [4.78, 5) is 6.48. The van der Waals surface area contributed by atoms with Gasteiger partial charge < -0.3 is 14.9 Å². The van der Waals surface area contributed by atoms with Crippen LogP contribution in [0.1, 0.15) is 19.8 Å². The van der Waals surface area contributed by atoms with E-state index in [9.17, 15) is 0 Å². The van der Waals surface area contributed by atoms with Crippen molar-refractivity contribution in [3.63, 3.8) is 0 Å². The lowest BCUT2D eigenvalue weighted by molar-refractivity contribution is 0.425. The molecule has 2 N–H and O–H groups in total. The number of rotatable bonds is 2. The Morgan fingerprint density at radius 1 is 1.47 bits per heavy atom. The predicted octanol–water partition coefficient (Wildman–Crippen LogP) is -0.250. The molecule has 1 atom stereocenters. The van der Waals surface area contributed by atoms with Crippen molar-refractivity contribution in [2.45, 2.75) is 25.8 Å². The molecule has 2 rings (SSSR count). The van der Waals surface area contributed by atoms with E-state index in [0.29, 0.717) is 11.5 Å². The SMILES string of the molecule is CC1CCCN1c1ccc(B(O)O)cn1. The van der Waals surface area contributed by atoms with Crippen molar-refractivity contribution in [1.82, 2.24) is 4.98 Å². The second-order valence-corrected chi connectivity index (χ2v) is 4.01. The second kappa shape index (κ2) is 4.20. The van der Waals surface area contributed by atoms with Crippen LogP contribution in [0.4, 0.5) is 5.82 Å². The highest BCUT2D eigenvalue weighted by atomic mass is 16.4. The number of nitrogens with zero attached hydrogens (tertiary/aromatic N) is 2. The molecule has 1 fully saturated rings. The molecule has 0 aliphatic carbocycles. The van der Waals surface area contributed by atoms with Gasteiger partial charge in [0.1, 0.15) is 5.82 Å². The van der Waals surface area contributed by atoms with Gasteiger partial charge in [-0.15, -0.1) is 0 Å². The Hall–Kier alpha value is -1.07. The van der Waals surface area contributed by atoms with Gasteiger partial charge in [-0.25, -0.2) is 4.98 Å². The monoisotopic (exact) mass is 206 g/mol. The van der Waals surface area contributed by atoms with E-state index in [1.165, 1.54) is 19.0 Å². The summed E-state index contributed by atoms with van der Waals surface area (Å²) in [6.07, 6.45) is 3.92. The van der Waals surface area contributed by atoms with Crippen LogP contribution in [0.2, 0.25) is 0 Å². The zero-order valence-electron chi connectivity index (χ0n) is 8.80. The molecule has 1 unspecified atom stereocenters. The maximum Gasteiger partial charge on any atom is 0.490 e. The number of hydrogen-bond donors (Lipinski definition) is 2. The van der Waals surface area contributed by atoms with Crippen molar-refractivity contribution in [1.29, 1.82) is 0 Å². The lowest BCUT2D eigenvalue weighted by Crippen LogP contribution is -2.32. The Bertz CT molecular complexity index is 329. The van der Waals surface area contributed by atoms with Crippen LogP contribution in [0.25, 0.3) is 0 Å². The molecule has 5 heteroatoms. The number of anilines is 1. The maximum absolute atomic E-state index is 8.93. The van der Waals surface area contributed by atoms with Gasteiger partial charge in [0.05, 0.1) is 0 Å². The van der Waals surface area contributed by atoms with E-state index in [1.54, 1.807) is 6.07 Å². The molecule has 1 saturated heterocycles. The molecule has 2 heterocycles. The maximum atomic E-state index is 8.93. The van der Waals surface area contributed by atoms with Gasteiger partial charge in [0, 0.05) is 24.2 Å². The van der Waals surface area contributed by atoms with Crippen LogP contribution in [-0.4, -0.2) is 34.7 Å². The van der Waals surface area contributed by atoms with Crippen molar-refractivity contribution in [2.75, 3.05) is 11.4 Å². The Balaban J connectivity index is 2.16. The van der Waals surface area contributed by atoms with Gasteiger partial charge in [-0.2, -0.15) is 0 Å². The molecular weight excluding hydrogens is 191 g/mol. The third-order valence-electron chi connectivity index (χ3n) is 2.92. The van der Waals surface area contributed by atoms with E-state index in [0.717, 1.165) is 12.4 Å². The summed E-state index contributed by atoms with van der Waals surface area (Å²) in [6.45, 7) is 3.22. The van der Waals surface area contributed by atoms with Crippen LogP contribution in [-0.2, 0) is 0 Å². The van der Waals surface area contributed by atoms with Crippen molar-refractivity contribution in [3.8, 4) is 0 Å². The van der Waals surface area contributed by atoms with E-state index >= 15 is 0 Å². The van der Waals surface area contributed by atoms with Gasteiger partial charge in [0.25, 0.3) is 0 Å². The summed E-state index contributed by atoms with van der Waals surface area (Å²) in [6, 6.07) is 4.08. The third-order valence-corrected chi connectivity index (χ3v) is 2.92. The fourth-order valence-corrected chi connectivity index (χ4v) is 1.99. The normalized spacial score (nSPS) is 20.7. The second-order valence-electron chi connectivity index (χ2n) is 4.01. The number of pyridine rings is 1. The number of aromatic nitrogens is 1. The Kier molecular flexibility index (Phi) is 2.93. The van der Waals surface area contributed by atoms with Crippen LogP contribution in [0.3, 0.4) is 0 Å². The van der Waals surface area contributed by atoms with Gasteiger partial charge in [-0.05, 0) is 25.8 Å². The highest BCUT2D eigenvalue weighted by Crippen LogP contribution is 2.22. The predicted molar refractivity (Wildman–Crippen MR) is 60.1 cm³/mol. The quantitative estimate of drug-likeness (QED) is 0.655. The Labute approximate surface area is 89.7 Å². The molecule has 0 spiro atoms. The van der Waals surface area contributed by atoms with Gasteiger partial charge in [-0.3, -0.25) is 0 Å². The molecule has 15 heavy (non-hydrogen) atoms.